The molecule has 0 radical (unpaired) electrons. The highest BCUT2D eigenvalue weighted by atomic mass is 16.2. The Kier molecular flexibility index (Phi) is 2.91. The molecule has 2 rings (SSSR count). The van der Waals surface area contributed by atoms with E-state index in [9.17, 15) is 4.79 Å². The molecule has 0 aromatic rings. The van der Waals surface area contributed by atoms with Crippen molar-refractivity contribution in [3.05, 3.63) is 0 Å². The van der Waals surface area contributed by atoms with Crippen molar-refractivity contribution in [3.8, 4) is 0 Å². The highest BCUT2D eigenvalue weighted by Gasteiger charge is 2.28. The standard InChI is InChI=1S/C10H19N3O/c1-11-9-3-2-6-13(7-9)10(14)12-8-4-5-8/h8-9,11H,2-7H2,1H3,(H,12,14). The molecule has 1 saturated heterocycles. The number of amides is 2. The van der Waals surface area contributed by atoms with E-state index in [-0.39, 0.29) is 6.03 Å². The molecule has 0 bridgehead atoms. The van der Waals surface area contributed by atoms with Crippen molar-refractivity contribution in [3.63, 3.8) is 0 Å². The number of likely N-dealkylation sites (tertiary alicyclic amines) is 1. The monoisotopic (exact) mass is 197 g/mol. The first kappa shape index (κ1) is 9.77. The lowest BCUT2D eigenvalue weighted by Crippen LogP contribution is -2.50. The molecule has 80 valence electrons. The Bertz CT molecular complexity index is 215. The number of hydrogen-bond acceptors (Lipinski definition) is 2. The second-order valence-electron chi connectivity index (χ2n) is 4.30. The maximum atomic E-state index is 11.7. The molecular formula is C10H19N3O. The molecule has 4 nitrogen and oxygen atoms in total. The molecule has 2 amide bonds. The van der Waals surface area contributed by atoms with Gasteiger partial charge in [0.2, 0.25) is 0 Å². The van der Waals surface area contributed by atoms with Crippen molar-refractivity contribution < 1.29 is 4.79 Å². The molecule has 14 heavy (non-hydrogen) atoms. The van der Waals surface area contributed by atoms with Crippen LogP contribution in [0, 0.1) is 0 Å². The van der Waals surface area contributed by atoms with E-state index in [1.165, 1.54) is 6.42 Å². The van der Waals surface area contributed by atoms with E-state index in [1.807, 2.05) is 11.9 Å². The van der Waals surface area contributed by atoms with Gasteiger partial charge in [0, 0.05) is 25.2 Å². The van der Waals surface area contributed by atoms with Gasteiger partial charge < -0.3 is 15.5 Å². The Morgan fingerprint density at radius 1 is 1.29 bits per heavy atom. The maximum absolute atomic E-state index is 11.7. The molecule has 0 spiro atoms. The molecule has 2 N–H and O–H groups in total. The minimum atomic E-state index is 0.132. The van der Waals surface area contributed by atoms with E-state index in [4.69, 9.17) is 0 Å². The van der Waals surface area contributed by atoms with E-state index in [1.54, 1.807) is 0 Å². The zero-order valence-corrected chi connectivity index (χ0v) is 8.75. The summed E-state index contributed by atoms with van der Waals surface area (Å²) < 4.78 is 0. The van der Waals surface area contributed by atoms with Crippen LogP contribution in [-0.4, -0.2) is 43.2 Å². The third kappa shape index (κ3) is 2.38. The minimum Gasteiger partial charge on any atom is -0.335 e. The van der Waals surface area contributed by atoms with Gasteiger partial charge in [-0.1, -0.05) is 0 Å². The number of urea groups is 1. The summed E-state index contributed by atoms with van der Waals surface area (Å²) >= 11 is 0. The van der Waals surface area contributed by atoms with Gasteiger partial charge in [-0.15, -0.1) is 0 Å². The summed E-state index contributed by atoms with van der Waals surface area (Å²) in [7, 11) is 1.97. The van der Waals surface area contributed by atoms with E-state index in [0.717, 1.165) is 32.4 Å². The Hall–Kier alpha value is -0.770. The third-order valence-corrected chi connectivity index (χ3v) is 3.02. The molecule has 2 fully saturated rings. The van der Waals surface area contributed by atoms with Crippen LogP contribution in [0.3, 0.4) is 0 Å². The highest BCUT2D eigenvalue weighted by Crippen LogP contribution is 2.19. The van der Waals surface area contributed by atoms with Crippen molar-refractivity contribution in [2.75, 3.05) is 20.1 Å². The van der Waals surface area contributed by atoms with Gasteiger partial charge in [-0.3, -0.25) is 0 Å². The first-order valence-electron chi connectivity index (χ1n) is 5.52. The number of likely N-dealkylation sites (N-methyl/N-ethyl adjacent to an activating group) is 1. The van der Waals surface area contributed by atoms with E-state index in [0.29, 0.717) is 12.1 Å². The van der Waals surface area contributed by atoms with Crippen molar-refractivity contribution in [2.24, 2.45) is 0 Å². The van der Waals surface area contributed by atoms with E-state index >= 15 is 0 Å². The normalized spacial score (nSPS) is 27.5. The van der Waals surface area contributed by atoms with Crippen LogP contribution in [0.15, 0.2) is 0 Å². The summed E-state index contributed by atoms with van der Waals surface area (Å²) in [6.45, 7) is 1.77. The first-order valence-corrected chi connectivity index (χ1v) is 5.52. The molecule has 0 aromatic carbocycles. The highest BCUT2D eigenvalue weighted by molar-refractivity contribution is 5.75. The summed E-state index contributed by atoms with van der Waals surface area (Å²) in [5, 5.41) is 6.26. The van der Waals surface area contributed by atoms with Crippen LogP contribution in [0.2, 0.25) is 0 Å². The molecule has 4 heteroatoms. The van der Waals surface area contributed by atoms with Crippen LogP contribution in [0.4, 0.5) is 4.79 Å². The average Bonchev–Trinajstić information content (AvgIpc) is 3.02. The molecular weight excluding hydrogens is 178 g/mol. The summed E-state index contributed by atoms with van der Waals surface area (Å²) in [5.41, 5.74) is 0. The van der Waals surface area contributed by atoms with Crippen LogP contribution in [0.5, 0.6) is 0 Å². The quantitative estimate of drug-likeness (QED) is 0.678. The van der Waals surface area contributed by atoms with Gasteiger partial charge in [-0.05, 0) is 32.7 Å². The van der Waals surface area contributed by atoms with Crippen LogP contribution in [0.25, 0.3) is 0 Å². The molecule has 1 aliphatic heterocycles. The second-order valence-corrected chi connectivity index (χ2v) is 4.30. The van der Waals surface area contributed by atoms with Gasteiger partial charge in [-0.2, -0.15) is 0 Å². The largest absolute Gasteiger partial charge is 0.335 e. The van der Waals surface area contributed by atoms with Gasteiger partial charge in [0.05, 0.1) is 0 Å². The number of piperidine rings is 1. The van der Waals surface area contributed by atoms with Crippen LogP contribution in [0.1, 0.15) is 25.7 Å². The van der Waals surface area contributed by atoms with Gasteiger partial charge in [0.15, 0.2) is 0 Å². The van der Waals surface area contributed by atoms with Crippen LogP contribution >= 0.6 is 0 Å². The lowest BCUT2D eigenvalue weighted by Gasteiger charge is -2.32. The molecule has 1 saturated carbocycles. The molecule has 1 heterocycles. The summed E-state index contributed by atoms with van der Waals surface area (Å²) in [5.74, 6) is 0. The van der Waals surface area contributed by atoms with Gasteiger partial charge in [-0.25, -0.2) is 4.79 Å². The first-order chi connectivity index (χ1) is 6.79. The SMILES string of the molecule is CNC1CCCN(C(=O)NC2CC2)C1. The maximum Gasteiger partial charge on any atom is 0.317 e. The Balaban J connectivity index is 1.79. The molecule has 2 aliphatic rings. The topological polar surface area (TPSA) is 44.4 Å². The minimum absolute atomic E-state index is 0.132. The second kappa shape index (κ2) is 4.17. The molecule has 1 atom stereocenters. The predicted octanol–water partition coefficient (Wildman–Crippen LogP) is 0.542. The Morgan fingerprint density at radius 3 is 2.71 bits per heavy atom. The molecule has 0 aromatic heterocycles. The summed E-state index contributed by atoms with van der Waals surface area (Å²) in [6, 6.07) is 1.08. The van der Waals surface area contributed by atoms with Crippen LogP contribution < -0.4 is 10.6 Å². The van der Waals surface area contributed by atoms with Gasteiger partial charge >= 0.3 is 6.03 Å². The Labute approximate surface area is 85.0 Å². The zero-order chi connectivity index (χ0) is 9.97. The number of carbonyl (C=O) groups excluding carboxylic acids is 1. The smallest absolute Gasteiger partial charge is 0.317 e. The lowest BCUT2D eigenvalue weighted by atomic mass is 10.1. The third-order valence-electron chi connectivity index (χ3n) is 3.02. The fraction of sp³-hybridized carbons (Fsp3) is 0.900. The lowest BCUT2D eigenvalue weighted by molar-refractivity contribution is 0.174. The predicted molar refractivity (Wildman–Crippen MR) is 55.2 cm³/mol. The summed E-state index contributed by atoms with van der Waals surface area (Å²) in [6.07, 6.45) is 4.62. The van der Waals surface area contributed by atoms with Crippen molar-refractivity contribution >= 4 is 6.03 Å². The number of nitrogens with one attached hydrogen (secondary N) is 2. The zero-order valence-electron chi connectivity index (χ0n) is 8.75. The van der Waals surface area contributed by atoms with Crippen molar-refractivity contribution in [1.29, 1.82) is 0 Å². The fourth-order valence-electron chi connectivity index (χ4n) is 1.89. The van der Waals surface area contributed by atoms with Crippen molar-refractivity contribution in [2.45, 2.75) is 37.8 Å². The molecule has 1 aliphatic carbocycles. The van der Waals surface area contributed by atoms with Crippen molar-refractivity contribution in [1.82, 2.24) is 15.5 Å². The summed E-state index contributed by atoms with van der Waals surface area (Å²) in [4.78, 5) is 13.6. The van der Waals surface area contributed by atoms with Gasteiger partial charge in [0.25, 0.3) is 0 Å². The number of hydrogen-bond donors (Lipinski definition) is 2. The van der Waals surface area contributed by atoms with E-state index < -0.39 is 0 Å². The number of carbonyl (C=O) groups is 1. The fourth-order valence-corrected chi connectivity index (χ4v) is 1.89. The van der Waals surface area contributed by atoms with Gasteiger partial charge in [0.1, 0.15) is 0 Å². The number of nitrogens with zero attached hydrogens (tertiary/aromatic N) is 1. The van der Waals surface area contributed by atoms with E-state index in [2.05, 4.69) is 10.6 Å². The Morgan fingerprint density at radius 2 is 2.07 bits per heavy atom. The van der Waals surface area contributed by atoms with Crippen LogP contribution in [-0.2, 0) is 0 Å². The number of rotatable bonds is 2. The molecule has 1 unspecified atom stereocenters. The average molecular weight is 197 g/mol.